The number of hydrogen-bond donors (Lipinski definition) is 2. The second-order valence-electron chi connectivity index (χ2n) is 4.35. The Morgan fingerprint density at radius 2 is 2.26 bits per heavy atom. The van der Waals surface area contributed by atoms with Crippen LogP contribution in [-0.2, 0) is 13.0 Å². The van der Waals surface area contributed by atoms with Gasteiger partial charge in [0.05, 0.1) is 23.8 Å². The maximum atomic E-state index is 13.0. The van der Waals surface area contributed by atoms with Crippen LogP contribution in [0.5, 0.6) is 0 Å². The molecule has 3 aromatic rings. The van der Waals surface area contributed by atoms with Gasteiger partial charge in [0.15, 0.2) is 0 Å². The maximum Gasteiger partial charge on any atom is 0.125 e. The largest absolute Gasteiger partial charge is 0.468 e. The van der Waals surface area contributed by atoms with E-state index < -0.39 is 0 Å². The lowest BCUT2D eigenvalue weighted by molar-refractivity contribution is 0.483. The summed E-state index contributed by atoms with van der Waals surface area (Å²) in [7, 11) is 0. The molecular formula is C14H14FN3O. The lowest BCUT2D eigenvalue weighted by Gasteiger charge is -2.00. The SMILES string of the molecule is Fc1ccc2nc(CCNCc3ccco3)[nH]c2c1. The zero-order valence-electron chi connectivity index (χ0n) is 10.3. The van der Waals surface area contributed by atoms with Gasteiger partial charge in [0.25, 0.3) is 0 Å². The number of benzene rings is 1. The normalized spacial score (nSPS) is 11.2. The number of H-pyrrole nitrogens is 1. The quantitative estimate of drug-likeness (QED) is 0.692. The molecule has 2 N–H and O–H groups in total. The fourth-order valence-corrected chi connectivity index (χ4v) is 1.98. The van der Waals surface area contributed by atoms with Gasteiger partial charge in [0.2, 0.25) is 0 Å². The maximum absolute atomic E-state index is 13.0. The number of fused-ring (bicyclic) bond motifs is 1. The average molecular weight is 259 g/mol. The fraction of sp³-hybridized carbons (Fsp3) is 0.214. The van der Waals surface area contributed by atoms with Crippen molar-refractivity contribution in [3.05, 3.63) is 54.0 Å². The van der Waals surface area contributed by atoms with Crippen molar-refractivity contribution < 1.29 is 8.81 Å². The number of hydrogen-bond acceptors (Lipinski definition) is 3. The molecule has 0 aliphatic heterocycles. The van der Waals surface area contributed by atoms with E-state index in [2.05, 4.69) is 15.3 Å². The molecule has 4 nitrogen and oxygen atoms in total. The molecule has 0 spiro atoms. The van der Waals surface area contributed by atoms with Crippen molar-refractivity contribution in [2.75, 3.05) is 6.54 Å². The third kappa shape index (κ3) is 2.82. The molecule has 0 radical (unpaired) electrons. The molecular weight excluding hydrogens is 245 g/mol. The third-order valence-corrected chi connectivity index (χ3v) is 2.91. The van der Waals surface area contributed by atoms with Crippen molar-refractivity contribution in [1.82, 2.24) is 15.3 Å². The van der Waals surface area contributed by atoms with E-state index in [1.54, 1.807) is 12.3 Å². The Balaban J connectivity index is 1.56. The minimum absolute atomic E-state index is 0.251. The topological polar surface area (TPSA) is 53.9 Å². The second kappa shape index (κ2) is 5.24. The van der Waals surface area contributed by atoms with Crippen LogP contribution in [-0.4, -0.2) is 16.5 Å². The minimum atomic E-state index is -0.251. The number of aromatic nitrogens is 2. The van der Waals surface area contributed by atoms with E-state index in [-0.39, 0.29) is 5.82 Å². The molecule has 98 valence electrons. The molecule has 1 aromatic carbocycles. The summed E-state index contributed by atoms with van der Waals surface area (Å²) >= 11 is 0. The summed E-state index contributed by atoms with van der Waals surface area (Å²) in [6.45, 7) is 1.48. The van der Waals surface area contributed by atoms with Gasteiger partial charge < -0.3 is 14.7 Å². The molecule has 2 aromatic heterocycles. The zero-order chi connectivity index (χ0) is 13.1. The zero-order valence-corrected chi connectivity index (χ0v) is 10.3. The fourth-order valence-electron chi connectivity index (χ4n) is 1.98. The number of rotatable bonds is 5. The second-order valence-corrected chi connectivity index (χ2v) is 4.35. The Hall–Kier alpha value is -2.14. The summed E-state index contributed by atoms with van der Waals surface area (Å²) < 4.78 is 18.3. The first kappa shape index (κ1) is 11.9. The van der Waals surface area contributed by atoms with Crippen LogP contribution >= 0.6 is 0 Å². The van der Waals surface area contributed by atoms with Crippen LogP contribution in [0.4, 0.5) is 4.39 Å². The first-order chi connectivity index (χ1) is 9.31. The third-order valence-electron chi connectivity index (χ3n) is 2.91. The molecule has 0 saturated carbocycles. The summed E-state index contributed by atoms with van der Waals surface area (Å²) in [5.74, 6) is 1.51. The average Bonchev–Trinajstić information content (AvgIpc) is 3.02. The molecule has 2 heterocycles. The van der Waals surface area contributed by atoms with E-state index in [1.807, 2.05) is 12.1 Å². The molecule has 0 aliphatic carbocycles. The molecule has 5 heteroatoms. The van der Waals surface area contributed by atoms with Crippen molar-refractivity contribution in [3.8, 4) is 0 Å². The van der Waals surface area contributed by atoms with E-state index >= 15 is 0 Å². The Labute approximate surface area is 109 Å². The van der Waals surface area contributed by atoms with Crippen LogP contribution in [0, 0.1) is 5.82 Å². The number of nitrogens with zero attached hydrogens (tertiary/aromatic N) is 1. The van der Waals surface area contributed by atoms with Crippen LogP contribution in [0.15, 0.2) is 41.0 Å². The monoisotopic (exact) mass is 259 g/mol. The predicted molar refractivity (Wildman–Crippen MR) is 70.2 cm³/mol. The molecule has 0 saturated heterocycles. The van der Waals surface area contributed by atoms with Crippen LogP contribution in [0.1, 0.15) is 11.6 Å². The van der Waals surface area contributed by atoms with Gasteiger partial charge in [-0.1, -0.05) is 0 Å². The van der Waals surface area contributed by atoms with Gasteiger partial charge in [-0.25, -0.2) is 9.37 Å². The molecule has 3 rings (SSSR count). The van der Waals surface area contributed by atoms with Gasteiger partial charge in [0.1, 0.15) is 17.4 Å². The molecule has 0 aliphatic rings. The Bertz CT molecular complexity index is 660. The van der Waals surface area contributed by atoms with Gasteiger partial charge in [-0.2, -0.15) is 0 Å². The Kier molecular flexibility index (Phi) is 3.29. The Morgan fingerprint density at radius 1 is 1.32 bits per heavy atom. The highest BCUT2D eigenvalue weighted by molar-refractivity contribution is 5.74. The highest BCUT2D eigenvalue weighted by Gasteiger charge is 2.03. The summed E-state index contributed by atoms with van der Waals surface area (Å²) in [6.07, 6.45) is 2.42. The minimum Gasteiger partial charge on any atom is -0.468 e. The van der Waals surface area contributed by atoms with Gasteiger partial charge >= 0.3 is 0 Å². The van der Waals surface area contributed by atoms with Gasteiger partial charge in [-0.05, 0) is 30.3 Å². The van der Waals surface area contributed by atoms with Crippen molar-refractivity contribution in [2.24, 2.45) is 0 Å². The highest BCUT2D eigenvalue weighted by Crippen LogP contribution is 2.12. The number of furan rings is 1. The van der Waals surface area contributed by atoms with Crippen LogP contribution in [0.3, 0.4) is 0 Å². The number of aromatic amines is 1. The molecule has 0 fully saturated rings. The predicted octanol–water partition coefficient (Wildman–Crippen LogP) is 2.63. The van der Waals surface area contributed by atoms with Crippen LogP contribution in [0.25, 0.3) is 11.0 Å². The van der Waals surface area contributed by atoms with E-state index in [0.29, 0.717) is 6.54 Å². The summed E-state index contributed by atoms with van der Waals surface area (Å²) in [5, 5.41) is 3.26. The van der Waals surface area contributed by atoms with Gasteiger partial charge in [-0.15, -0.1) is 0 Å². The lowest BCUT2D eigenvalue weighted by Crippen LogP contribution is -2.16. The van der Waals surface area contributed by atoms with E-state index in [0.717, 1.165) is 35.6 Å². The van der Waals surface area contributed by atoms with Crippen molar-refractivity contribution in [1.29, 1.82) is 0 Å². The van der Waals surface area contributed by atoms with Gasteiger partial charge in [0, 0.05) is 13.0 Å². The Morgan fingerprint density at radius 3 is 3.11 bits per heavy atom. The van der Waals surface area contributed by atoms with Crippen molar-refractivity contribution >= 4 is 11.0 Å². The lowest BCUT2D eigenvalue weighted by atomic mass is 10.3. The van der Waals surface area contributed by atoms with Crippen molar-refractivity contribution in [2.45, 2.75) is 13.0 Å². The van der Waals surface area contributed by atoms with Crippen molar-refractivity contribution in [3.63, 3.8) is 0 Å². The summed E-state index contributed by atoms with van der Waals surface area (Å²) in [4.78, 5) is 7.52. The summed E-state index contributed by atoms with van der Waals surface area (Å²) in [6, 6.07) is 8.35. The van der Waals surface area contributed by atoms with Crippen LogP contribution < -0.4 is 5.32 Å². The number of halogens is 1. The molecule has 0 unspecified atom stereocenters. The van der Waals surface area contributed by atoms with E-state index in [4.69, 9.17) is 4.42 Å². The number of nitrogens with one attached hydrogen (secondary N) is 2. The summed E-state index contributed by atoms with van der Waals surface area (Å²) in [5.41, 5.74) is 1.53. The van der Waals surface area contributed by atoms with Gasteiger partial charge in [-0.3, -0.25) is 0 Å². The molecule has 0 bridgehead atoms. The molecule has 19 heavy (non-hydrogen) atoms. The van der Waals surface area contributed by atoms with Crippen LogP contribution in [0.2, 0.25) is 0 Å². The van der Waals surface area contributed by atoms with E-state index in [9.17, 15) is 4.39 Å². The smallest absolute Gasteiger partial charge is 0.125 e. The van der Waals surface area contributed by atoms with E-state index in [1.165, 1.54) is 12.1 Å². The molecule has 0 amide bonds. The first-order valence-corrected chi connectivity index (χ1v) is 6.18. The first-order valence-electron chi connectivity index (χ1n) is 6.18. The molecule has 0 atom stereocenters. The standard InChI is InChI=1S/C14H14FN3O/c15-10-3-4-12-13(8-10)18-14(17-12)5-6-16-9-11-2-1-7-19-11/h1-4,7-8,16H,5-6,9H2,(H,17,18). The highest BCUT2D eigenvalue weighted by atomic mass is 19.1. The number of imidazole rings is 1.